The van der Waals surface area contributed by atoms with Gasteiger partial charge in [-0.15, -0.1) is 0 Å². The molecule has 0 atom stereocenters. The van der Waals surface area contributed by atoms with Crippen molar-refractivity contribution in [2.24, 2.45) is 0 Å². The normalized spacial score (nSPS) is 14.6. The maximum Gasteiger partial charge on any atom is 0.278 e. The summed E-state index contributed by atoms with van der Waals surface area (Å²) in [5.41, 5.74) is 2.73. The van der Waals surface area contributed by atoms with E-state index in [0.29, 0.717) is 15.6 Å². The van der Waals surface area contributed by atoms with Gasteiger partial charge >= 0.3 is 0 Å². The van der Waals surface area contributed by atoms with Crippen molar-refractivity contribution in [3.8, 4) is 0 Å². The monoisotopic (exact) mass is 388 g/mol. The molecular weight excluding hydrogens is 371 g/mol. The van der Waals surface area contributed by atoms with E-state index < -0.39 is 0 Å². The van der Waals surface area contributed by atoms with Crippen LogP contribution in [0, 0.1) is 6.92 Å². The lowest BCUT2D eigenvalue weighted by molar-refractivity contribution is -0.138. The second kappa shape index (κ2) is 7.14. The van der Waals surface area contributed by atoms with Crippen molar-refractivity contribution in [3.63, 3.8) is 0 Å². The fourth-order valence-corrected chi connectivity index (χ4v) is 3.44. The Labute approximate surface area is 162 Å². The van der Waals surface area contributed by atoms with Crippen LogP contribution in [-0.4, -0.2) is 22.8 Å². The van der Waals surface area contributed by atoms with Gasteiger partial charge in [0.05, 0.1) is 10.6 Å². The zero-order chi connectivity index (χ0) is 19.0. The molecule has 0 unspecified atom stereocenters. The average Bonchev–Trinajstić information content (AvgIpc) is 2.79. The molecule has 6 heteroatoms. The van der Waals surface area contributed by atoms with Gasteiger partial charge < -0.3 is 5.32 Å². The molecule has 1 aliphatic heterocycles. The van der Waals surface area contributed by atoms with E-state index in [0.717, 1.165) is 11.3 Å². The fraction of sp³-hybridized carbons (Fsp3) is 0.200. The third-order valence-electron chi connectivity index (χ3n) is 4.12. The Kier molecular flexibility index (Phi) is 5.08. The van der Waals surface area contributed by atoms with E-state index in [1.165, 1.54) is 4.90 Å². The Bertz CT molecular complexity index is 935. The molecule has 2 aromatic rings. The third-order valence-corrected chi connectivity index (χ3v) is 4.67. The molecule has 26 heavy (non-hydrogen) atoms. The van der Waals surface area contributed by atoms with Gasteiger partial charge in [0.2, 0.25) is 0 Å². The molecule has 0 saturated carbocycles. The van der Waals surface area contributed by atoms with Gasteiger partial charge in [-0.25, -0.2) is 0 Å². The Balaban J connectivity index is 2.16. The van der Waals surface area contributed by atoms with Crippen LogP contribution in [-0.2, 0) is 9.59 Å². The van der Waals surface area contributed by atoms with Crippen LogP contribution in [0.2, 0.25) is 10.0 Å². The Hall–Kier alpha value is -2.30. The Morgan fingerprint density at radius 1 is 1.00 bits per heavy atom. The van der Waals surface area contributed by atoms with Crippen LogP contribution < -0.4 is 5.32 Å². The molecule has 4 nitrogen and oxygen atoms in total. The highest BCUT2D eigenvalue weighted by atomic mass is 35.5. The van der Waals surface area contributed by atoms with Crippen molar-refractivity contribution in [3.05, 3.63) is 69.3 Å². The summed E-state index contributed by atoms with van der Waals surface area (Å²) in [4.78, 5) is 27.1. The summed E-state index contributed by atoms with van der Waals surface area (Å²) in [5.74, 6) is -0.739. The van der Waals surface area contributed by atoms with E-state index in [2.05, 4.69) is 5.32 Å². The summed E-state index contributed by atoms with van der Waals surface area (Å²) >= 11 is 12.3. The Morgan fingerprint density at radius 2 is 1.73 bits per heavy atom. The zero-order valence-electron chi connectivity index (χ0n) is 14.6. The summed E-state index contributed by atoms with van der Waals surface area (Å²) < 4.78 is 0. The molecule has 0 aliphatic carbocycles. The van der Waals surface area contributed by atoms with Crippen LogP contribution in [0.3, 0.4) is 0 Å². The summed E-state index contributed by atoms with van der Waals surface area (Å²) in [5, 5.41) is 3.90. The average molecular weight is 389 g/mol. The van der Waals surface area contributed by atoms with E-state index in [9.17, 15) is 9.59 Å². The van der Waals surface area contributed by atoms with Gasteiger partial charge in [-0.05, 0) is 50.6 Å². The van der Waals surface area contributed by atoms with E-state index >= 15 is 0 Å². The molecule has 1 N–H and O–H groups in total. The molecule has 0 fully saturated rings. The van der Waals surface area contributed by atoms with E-state index in [4.69, 9.17) is 23.2 Å². The fourth-order valence-electron chi connectivity index (χ4n) is 2.94. The van der Waals surface area contributed by atoms with Gasteiger partial charge in [0.1, 0.15) is 5.70 Å². The van der Waals surface area contributed by atoms with Crippen LogP contribution in [0.25, 0.3) is 5.57 Å². The lowest BCUT2D eigenvalue weighted by Crippen LogP contribution is -2.38. The van der Waals surface area contributed by atoms with Gasteiger partial charge in [-0.3, -0.25) is 14.5 Å². The summed E-state index contributed by atoms with van der Waals surface area (Å²) in [7, 11) is 0. The second-order valence-electron chi connectivity index (χ2n) is 6.44. The van der Waals surface area contributed by atoms with Crippen LogP contribution in [0.5, 0.6) is 0 Å². The largest absolute Gasteiger partial charge is 0.350 e. The van der Waals surface area contributed by atoms with Gasteiger partial charge in [-0.1, -0.05) is 41.4 Å². The number of hydrogen-bond donors (Lipinski definition) is 1. The Morgan fingerprint density at radius 3 is 2.35 bits per heavy atom. The van der Waals surface area contributed by atoms with Gasteiger partial charge in [-0.2, -0.15) is 0 Å². The van der Waals surface area contributed by atoms with E-state index in [1.807, 2.05) is 31.2 Å². The van der Waals surface area contributed by atoms with Crippen molar-refractivity contribution in [1.29, 1.82) is 0 Å². The van der Waals surface area contributed by atoms with Crippen LogP contribution in [0.15, 0.2) is 48.2 Å². The molecule has 3 rings (SSSR count). The number of carbonyl (C=O) groups excluding carboxylic acids is 2. The van der Waals surface area contributed by atoms with Crippen LogP contribution in [0.4, 0.5) is 5.69 Å². The van der Waals surface area contributed by atoms with Crippen molar-refractivity contribution >= 4 is 46.3 Å². The van der Waals surface area contributed by atoms with Gasteiger partial charge in [0.15, 0.2) is 0 Å². The number of halogens is 2. The predicted octanol–water partition coefficient (Wildman–Crippen LogP) is 4.90. The van der Waals surface area contributed by atoms with Gasteiger partial charge in [0, 0.05) is 22.3 Å². The smallest absolute Gasteiger partial charge is 0.278 e. The number of nitrogens with zero attached hydrogens (tertiary/aromatic N) is 1. The van der Waals surface area contributed by atoms with Crippen molar-refractivity contribution in [2.75, 3.05) is 5.32 Å². The minimum Gasteiger partial charge on any atom is -0.350 e. The number of carbonyl (C=O) groups is 2. The van der Waals surface area contributed by atoms with Crippen molar-refractivity contribution < 1.29 is 9.59 Å². The molecule has 0 saturated heterocycles. The summed E-state index contributed by atoms with van der Waals surface area (Å²) in [6, 6.07) is 12.2. The number of nitrogens with one attached hydrogen (secondary N) is 1. The molecule has 0 radical (unpaired) electrons. The first-order chi connectivity index (χ1) is 12.3. The van der Waals surface area contributed by atoms with E-state index in [1.54, 1.807) is 32.0 Å². The molecule has 0 spiro atoms. The molecular formula is C20H18Cl2N2O2. The molecule has 2 amide bonds. The minimum absolute atomic E-state index is 0.221. The first-order valence-electron chi connectivity index (χ1n) is 8.21. The van der Waals surface area contributed by atoms with E-state index in [-0.39, 0.29) is 29.1 Å². The molecule has 0 bridgehead atoms. The van der Waals surface area contributed by atoms with Crippen molar-refractivity contribution in [1.82, 2.24) is 4.90 Å². The first-order valence-corrected chi connectivity index (χ1v) is 8.96. The standard InChI is InChI=1S/C20H18Cl2N2O2/c1-11(2)24-19(25)17(15-8-7-13(21)10-16(15)22)18(20(24)26)23-14-6-4-5-12(3)9-14/h4-11,23H,1-3H3. The quantitative estimate of drug-likeness (QED) is 0.757. The summed E-state index contributed by atoms with van der Waals surface area (Å²) in [6.45, 7) is 5.55. The van der Waals surface area contributed by atoms with Crippen molar-refractivity contribution in [2.45, 2.75) is 26.8 Å². The maximum absolute atomic E-state index is 13.0. The zero-order valence-corrected chi connectivity index (χ0v) is 16.2. The molecule has 2 aromatic carbocycles. The second-order valence-corrected chi connectivity index (χ2v) is 7.29. The maximum atomic E-state index is 13.0. The minimum atomic E-state index is -0.371. The highest BCUT2D eigenvalue weighted by molar-refractivity contribution is 6.41. The number of imide groups is 1. The number of amides is 2. The number of anilines is 1. The molecule has 134 valence electrons. The lowest BCUT2D eigenvalue weighted by atomic mass is 10.0. The predicted molar refractivity (Wildman–Crippen MR) is 105 cm³/mol. The third kappa shape index (κ3) is 3.35. The summed E-state index contributed by atoms with van der Waals surface area (Å²) in [6.07, 6.45) is 0. The first kappa shape index (κ1) is 18.5. The highest BCUT2D eigenvalue weighted by Gasteiger charge is 2.41. The molecule has 0 aromatic heterocycles. The molecule has 1 aliphatic rings. The van der Waals surface area contributed by atoms with Crippen LogP contribution in [0.1, 0.15) is 25.0 Å². The van der Waals surface area contributed by atoms with Gasteiger partial charge in [0.25, 0.3) is 11.8 Å². The number of hydrogen-bond acceptors (Lipinski definition) is 3. The topological polar surface area (TPSA) is 49.4 Å². The van der Waals surface area contributed by atoms with Crippen LogP contribution >= 0.6 is 23.2 Å². The lowest BCUT2D eigenvalue weighted by Gasteiger charge is -2.19. The highest BCUT2D eigenvalue weighted by Crippen LogP contribution is 2.36. The molecule has 1 heterocycles. The number of rotatable bonds is 4. The SMILES string of the molecule is Cc1cccc(NC2=C(c3ccc(Cl)cc3Cl)C(=O)N(C(C)C)C2=O)c1. The number of benzene rings is 2. The number of aryl methyl sites for hydroxylation is 1.